The van der Waals surface area contributed by atoms with E-state index in [-0.39, 0.29) is 11.7 Å². The van der Waals surface area contributed by atoms with Gasteiger partial charge in [0.25, 0.3) is 0 Å². The number of methoxy groups -OCH3 is 2. The molecule has 0 atom stereocenters. The number of nitrogens with zero attached hydrogens (tertiary/aromatic N) is 3. The third kappa shape index (κ3) is 3.75. The van der Waals surface area contributed by atoms with E-state index < -0.39 is 0 Å². The van der Waals surface area contributed by atoms with Crippen LogP contribution in [0.5, 0.6) is 11.5 Å². The number of ether oxygens (including phenoxy) is 2. The zero-order valence-corrected chi connectivity index (χ0v) is 17.5. The number of hydrogen-bond acceptors (Lipinski definition) is 7. The Morgan fingerprint density at radius 2 is 1.67 bits per heavy atom. The summed E-state index contributed by atoms with van der Waals surface area (Å²) in [5.41, 5.74) is 8.85. The van der Waals surface area contributed by atoms with Crippen LogP contribution in [0, 0.1) is 12.8 Å². The number of piperidine rings is 1. The maximum absolute atomic E-state index is 12.8. The predicted octanol–water partition coefficient (Wildman–Crippen LogP) is 3.64. The Kier molecular flexibility index (Phi) is 5.44. The molecule has 0 saturated carbocycles. The van der Waals surface area contributed by atoms with Crippen LogP contribution in [-0.4, -0.2) is 43.1 Å². The number of aryl methyl sites for hydroxylation is 1. The van der Waals surface area contributed by atoms with Crippen LogP contribution in [0.4, 0.5) is 11.8 Å². The van der Waals surface area contributed by atoms with Crippen LogP contribution in [0.15, 0.2) is 36.4 Å². The van der Waals surface area contributed by atoms with E-state index in [9.17, 15) is 4.79 Å². The fraction of sp³-hybridized carbons (Fsp3) is 0.348. The van der Waals surface area contributed by atoms with E-state index in [1.807, 2.05) is 37.3 Å². The molecule has 0 amide bonds. The van der Waals surface area contributed by atoms with Gasteiger partial charge in [-0.15, -0.1) is 0 Å². The molecule has 1 aromatic heterocycles. The number of carbonyl (C=O) groups is 1. The summed E-state index contributed by atoms with van der Waals surface area (Å²) in [7, 11) is 3.17. The molecule has 2 N–H and O–H groups in total. The lowest BCUT2D eigenvalue weighted by Crippen LogP contribution is -2.37. The van der Waals surface area contributed by atoms with E-state index in [4.69, 9.17) is 20.2 Å². The Morgan fingerprint density at radius 3 is 2.30 bits per heavy atom. The summed E-state index contributed by atoms with van der Waals surface area (Å²) in [5.74, 6) is 2.39. The quantitative estimate of drug-likeness (QED) is 0.647. The molecule has 1 fully saturated rings. The molecule has 1 aliphatic heterocycles. The van der Waals surface area contributed by atoms with Crippen LogP contribution in [0.25, 0.3) is 10.9 Å². The van der Waals surface area contributed by atoms with Gasteiger partial charge in [-0.3, -0.25) is 4.79 Å². The first kappa shape index (κ1) is 19.9. The smallest absolute Gasteiger partial charge is 0.227 e. The maximum Gasteiger partial charge on any atom is 0.227 e. The van der Waals surface area contributed by atoms with Crippen molar-refractivity contribution >= 4 is 28.5 Å². The lowest BCUT2D eigenvalue weighted by molar-refractivity contribution is 0.0900. The Morgan fingerprint density at radius 1 is 1.03 bits per heavy atom. The monoisotopic (exact) mass is 406 g/mol. The minimum atomic E-state index is 0.0196. The molecule has 2 aromatic carbocycles. The van der Waals surface area contributed by atoms with Crippen molar-refractivity contribution in [1.82, 2.24) is 9.97 Å². The average molecular weight is 406 g/mol. The van der Waals surface area contributed by atoms with Crippen molar-refractivity contribution in [3.63, 3.8) is 0 Å². The molecular weight excluding hydrogens is 380 g/mol. The predicted molar refractivity (Wildman–Crippen MR) is 118 cm³/mol. The highest BCUT2D eigenvalue weighted by Gasteiger charge is 2.27. The van der Waals surface area contributed by atoms with Crippen LogP contribution in [0.3, 0.4) is 0 Å². The minimum absolute atomic E-state index is 0.0196. The van der Waals surface area contributed by atoms with Crippen molar-refractivity contribution in [3.05, 3.63) is 47.5 Å². The first-order valence-corrected chi connectivity index (χ1v) is 10.0. The molecule has 0 radical (unpaired) electrons. The zero-order valence-electron chi connectivity index (χ0n) is 17.5. The van der Waals surface area contributed by atoms with Crippen LogP contribution in [-0.2, 0) is 0 Å². The van der Waals surface area contributed by atoms with Gasteiger partial charge in [0.15, 0.2) is 17.3 Å². The summed E-state index contributed by atoms with van der Waals surface area (Å²) < 4.78 is 10.7. The van der Waals surface area contributed by atoms with Crippen LogP contribution in [0.2, 0.25) is 0 Å². The summed E-state index contributed by atoms with van der Waals surface area (Å²) in [6, 6.07) is 11.4. The fourth-order valence-electron chi connectivity index (χ4n) is 3.90. The van der Waals surface area contributed by atoms with E-state index in [0.29, 0.717) is 41.9 Å². The van der Waals surface area contributed by atoms with Crippen molar-refractivity contribution in [2.24, 2.45) is 5.92 Å². The van der Waals surface area contributed by atoms with Crippen LogP contribution < -0.4 is 20.1 Å². The SMILES string of the molecule is COc1cc2nc(N3CCC(C(=O)c4ccc(C)cc4)CC3)nc(N)c2cc1OC. The number of anilines is 2. The number of nitrogens with two attached hydrogens (primary N) is 1. The Bertz CT molecular complexity index is 1070. The Balaban J connectivity index is 1.53. The molecule has 1 saturated heterocycles. The van der Waals surface area contributed by atoms with Gasteiger partial charge in [-0.1, -0.05) is 29.8 Å². The number of hydrogen-bond donors (Lipinski definition) is 1. The second-order valence-electron chi connectivity index (χ2n) is 7.62. The molecule has 0 aliphatic carbocycles. The molecule has 4 rings (SSSR count). The molecule has 7 heteroatoms. The largest absolute Gasteiger partial charge is 0.493 e. The van der Waals surface area contributed by atoms with Gasteiger partial charge in [0.05, 0.1) is 19.7 Å². The van der Waals surface area contributed by atoms with Crippen molar-refractivity contribution < 1.29 is 14.3 Å². The van der Waals surface area contributed by atoms with Crippen molar-refractivity contribution in [3.8, 4) is 11.5 Å². The third-order valence-electron chi connectivity index (χ3n) is 5.70. The van der Waals surface area contributed by atoms with Gasteiger partial charge >= 0.3 is 0 Å². The number of rotatable bonds is 5. The van der Waals surface area contributed by atoms with Gasteiger partial charge in [0.2, 0.25) is 5.95 Å². The summed E-state index contributed by atoms with van der Waals surface area (Å²) in [6.07, 6.45) is 1.53. The number of ketones is 1. The first-order valence-electron chi connectivity index (χ1n) is 10.0. The highest BCUT2D eigenvalue weighted by atomic mass is 16.5. The third-order valence-corrected chi connectivity index (χ3v) is 5.70. The summed E-state index contributed by atoms with van der Waals surface area (Å²) in [5, 5.41) is 0.723. The molecule has 0 bridgehead atoms. The summed E-state index contributed by atoms with van der Waals surface area (Å²) in [6.45, 7) is 3.44. The standard InChI is InChI=1S/C23H26N4O3/c1-14-4-6-15(7-5-14)21(28)16-8-10-27(11-9-16)23-25-18-13-20(30-3)19(29-2)12-17(18)22(24)26-23/h4-7,12-13,16H,8-11H2,1-3H3,(H2,24,25,26). The van der Waals surface area contributed by atoms with Crippen LogP contribution in [0.1, 0.15) is 28.8 Å². The lowest BCUT2D eigenvalue weighted by atomic mass is 9.89. The highest BCUT2D eigenvalue weighted by Crippen LogP contribution is 2.34. The number of Topliss-reactive ketones (excluding diaryl/α,β-unsaturated/α-hetero) is 1. The lowest BCUT2D eigenvalue weighted by Gasteiger charge is -2.31. The molecule has 1 aliphatic rings. The normalized spacial score (nSPS) is 14.7. The van der Waals surface area contributed by atoms with E-state index >= 15 is 0 Å². The van der Waals surface area contributed by atoms with Crippen LogP contribution >= 0.6 is 0 Å². The Labute approximate surface area is 175 Å². The summed E-state index contributed by atoms with van der Waals surface area (Å²) in [4.78, 5) is 24.1. The van der Waals surface area contributed by atoms with E-state index in [1.165, 1.54) is 0 Å². The molecule has 30 heavy (non-hydrogen) atoms. The maximum atomic E-state index is 12.8. The van der Waals surface area contributed by atoms with Gasteiger partial charge in [0.1, 0.15) is 5.82 Å². The highest BCUT2D eigenvalue weighted by molar-refractivity contribution is 5.98. The fourth-order valence-corrected chi connectivity index (χ4v) is 3.90. The molecule has 156 valence electrons. The Hall–Kier alpha value is -3.35. The second kappa shape index (κ2) is 8.18. The van der Waals surface area contributed by atoms with Gasteiger partial charge in [-0.25, -0.2) is 4.98 Å². The number of aromatic nitrogens is 2. The van der Waals surface area contributed by atoms with Gasteiger partial charge < -0.3 is 20.1 Å². The minimum Gasteiger partial charge on any atom is -0.493 e. The number of nitrogen functional groups attached to an aromatic ring is 1. The first-order chi connectivity index (χ1) is 14.5. The molecule has 0 unspecified atom stereocenters. The number of benzene rings is 2. The molecular formula is C23H26N4O3. The van der Waals surface area contributed by atoms with E-state index in [0.717, 1.165) is 29.4 Å². The van der Waals surface area contributed by atoms with Crippen molar-refractivity contribution in [2.45, 2.75) is 19.8 Å². The van der Waals surface area contributed by atoms with Crippen molar-refractivity contribution in [1.29, 1.82) is 0 Å². The van der Waals surface area contributed by atoms with Crippen molar-refractivity contribution in [2.75, 3.05) is 37.9 Å². The zero-order chi connectivity index (χ0) is 21.3. The molecule has 3 aromatic rings. The average Bonchev–Trinajstić information content (AvgIpc) is 2.78. The topological polar surface area (TPSA) is 90.6 Å². The summed E-state index contributed by atoms with van der Waals surface area (Å²) >= 11 is 0. The van der Waals surface area contributed by atoms with Gasteiger partial charge in [-0.2, -0.15) is 4.98 Å². The molecule has 7 nitrogen and oxygen atoms in total. The number of fused-ring (bicyclic) bond motifs is 1. The second-order valence-corrected chi connectivity index (χ2v) is 7.62. The van der Waals surface area contributed by atoms with Gasteiger partial charge in [0, 0.05) is 36.0 Å². The van der Waals surface area contributed by atoms with E-state index in [2.05, 4.69) is 9.88 Å². The van der Waals surface area contributed by atoms with E-state index in [1.54, 1.807) is 20.3 Å². The van der Waals surface area contributed by atoms with Gasteiger partial charge in [-0.05, 0) is 25.8 Å². The molecule has 0 spiro atoms. The molecule has 2 heterocycles. The number of carbonyl (C=O) groups excluding carboxylic acids is 1.